The Morgan fingerprint density at radius 2 is 1.64 bits per heavy atom. The third-order valence-electron chi connectivity index (χ3n) is 4.87. The first-order valence-corrected chi connectivity index (χ1v) is 10.5. The van der Waals surface area contributed by atoms with Gasteiger partial charge in [-0.1, -0.05) is 33.8 Å². The second kappa shape index (κ2) is 7.87. The number of amides is 1. The van der Waals surface area contributed by atoms with E-state index in [0.29, 0.717) is 36.1 Å². The van der Waals surface area contributed by atoms with Gasteiger partial charge in [0.05, 0.1) is 4.90 Å². The van der Waals surface area contributed by atoms with Gasteiger partial charge in [-0.3, -0.25) is 4.79 Å². The van der Waals surface area contributed by atoms with Crippen molar-refractivity contribution in [2.75, 3.05) is 13.1 Å². The summed E-state index contributed by atoms with van der Waals surface area (Å²) in [5.41, 5.74) is 1.07. The normalized spacial score (nSPS) is 16.2. The first-order chi connectivity index (χ1) is 11.6. The van der Waals surface area contributed by atoms with Crippen LogP contribution in [-0.2, 0) is 10.0 Å². The summed E-state index contributed by atoms with van der Waals surface area (Å²) in [6.45, 7) is 11.2. The van der Waals surface area contributed by atoms with E-state index in [2.05, 4.69) is 33.0 Å². The van der Waals surface area contributed by atoms with Crippen LogP contribution in [0.3, 0.4) is 0 Å². The number of nitrogens with zero attached hydrogens (tertiary/aromatic N) is 1. The Morgan fingerprint density at radius 3 is 2.16 bits per heavy atom. The second-order valence-corrected chi connectivity index (χ2v) is 9.49. The molecule has 0 aromatic heterocycles. The largest absolute Gasteiger partial charge is 0.349 e. The highest BCUT2D eigenvalue weighted by Crippen LogP contribution is 2.25. The molecular formula is C19H30N2O3S. The van der Waals surface area contributed by atoms with E-state index in [1.54, 1.807) is 19.1 Å². The summed E-state index contributed by atoms with van der Waals surface area (Å²) in [6.07, 6.45) is 1.78. The second-order valence-electron chi connectivity index (χ2n) is 7.58. The fourth-order valence-corrected chi connectivity index (χ4v) is 5.19. The molecule has 5 nitrogen and oxygen atoms in total. The van der Waals surface area contributed by atoms with Crippen LogP contribution in [0.2, 0.25) is 0 Å². The zero-order valence-corrected chi connectivity index (χ0v) is 16.7. The molecule has 1 aliphatic rings. The molecule has 1 aliphatic heterocycles. The van der Waals surface area contributed by atoms with Crippen molar-refractivity contribution in [3.8, 4) is 0 Å². The van der Waals surface area contributed by atoms with Gasteiger partial charge in [0.1, 0.15) is 0 Å². The molecule has 1 fully saturated rings. The lowest BCUT2D eigenvalue weighted by Gasteiger charge is -2.26. The monoisotopic (exact) mass is 366 g/mol. The molecule has 0 unspecified atom stereocenters. The fraction of sp³-hybridized carbons (Fsp3) is 0.632. The molecule has 0 atom stereocenters. The van der Waals surface area contributed by atoms with E-state index in [0.717, 1.165) is 12.8 Å². The summed E-state index contributed by atoms with van der Waals surface area (Å²) >= 11 is 0. The maximum atomic E-state index is 12.9. The standard InChI is InChI=1S/C19H30N2O3S/c1-13(2)18(14(3)4)20-19(22)16-9-8-15(5)17(12-16)25(23,24)21-10-6-7-11-21/h8-9,12-14,18H,6-7,10-11H2,1-5H3,(H,20,22). The van der Waals surface area contributed by atoms with E-state index in [9.17, 15) is 13.2 Å². The summed E-state index contributed by atoms with van der Waals surface area (Å²) in [5.74, 6) is 0.398. The molecule has 0 bridgehead atoms. The van der Waals surface area contributed by atoms with Gasteiger partial charge >= 0.3 is 0 Å². The lowest BCUT2D eigenvalue weighted by Crippen LogP contribution is -2.42. The van der Waals surface area contributed by atoms with Gasteiger partial charge < -0.3 is 5.32 Å². The van der Waals surface area contributed by atoms with Crippen molar-refractivity contribution < 1.29 is 13.2 Å². The molecule has 0 radical (unpaired) electrons. The average Bonchev–Trinajstić information content (AvgIpc) is 3.07. The van der Waals surface area contributed by atoms with Gasteiger partial charge in [0.25, 0.3) is 5.91 Å². The van der Waals surface area contributed by atoms with E-state index >= 15 is 0 Å². The number of benzene rings is 1. The van der Waals surface area contributed by atoms with Crippen LogP contribution in [0, 0.1) is 18.8 Å². The highest BCUT2D eigenvalue weighted by atomic mass is 32.2. The Labute approximate surface area is 151 Å². The minimum Gasteiger partial charge on any atom is -0.349 e. The fourth-order valence-electron chi connectivity index (χ4n) is 3.42. The van der Waals surface area contributed by atoms with Crippen molar-refractivity contribution in [2.45, 2.75) is 58.4 Å². The Morgan fingerprint density at radius 1 is 1.08 bits per heavy atom. The topological polar surface area (TPSA) is 66.5 Å². The number of hydrogen-bond acceptors (Lipinski definition) is 3. The van der Waals surface area contributed by atoms with Crippen LogP contribution in [0.15, 0.2) is 23.1 Å². The molecule has 2 rings (SSSR count). The summed E-state index contributed by atoms with van der Waals surface area (Å²) in [5, 5.41) is 3.05. The number of nitrogens with one attached hydrogen (secondary N) is 1. The number of hydrogen-bond donors (Lipinski definition) is 1. The minimum absolute atomic E-state index is 0.0486. The summed E-state index contributed by atoms with van der Waals surface area (Å²) in [4.78, 5) is 12.9. The average molecular weight is 367 g/mol. The molecule has 1 aromatic carbocycles. The molecule has 0 saturated carbocycles. The highest BCUT2D eigenvalue weighted by Gasteiger charge is 2.29. The minimum atomic E-state index is -3.53. The maximum absolute atomic E-state index is 12.9. The molecule has 0 aliphatic carbocycles. The van der Waals surface area contributed by atoms with Gasteiger partial charge in [-0.15, -0.1) is 0 Å². The van der Waals surface area contributed by atoms with E-state index in [4.69, 9.17) is 0 Å². The van der Waals surface area contributed by atoms with Gasteiger partial charge in [-0.2, -0.15) is 4.31 Å². The lowest BCUT2D eigenvalue weighted by atomic mass is 9.93. The van der Waals surface area contributed by atoms with Crippen LogP contribution in [0.1, 0.15) is 56.5 Å². The molecule has 1 aromatic rings. The van der Waals surface area contributed by atoms with Crippen LogP contribution in [0.4, 0.5) is 0 Å². The van der Waals surface area contributed by atoms with Crippen molar-refractivity contribution in [3.05, 3.63) is 29.3 Å². The molecule has 25 heavy (non-hydrogen) atoms. The van der Waals surface area contributed by atoms with Crippen molar-refractivity contribution in [2.24, 2.45) is 11.8 Å². The molecule has 6 heteroatoms. The number of carbonyl (C=O) groups is 1. The van der Waals surface area contributed by atoms with Gasteiger partial charge in [0, 0.05) is 24.7 Å². The quantitative estimate of drug-likeness (QED) is 0.841. The van der Waals surface area contributed by atoms with E-state index in [-0.39, 0.29) is 16.8 Å². The maximum Gasteiger partial charge on any atom is 0.251 e. The van der Waals surface area contributed by atoms with Crippen molar-refractivity contribution in [1.29, 1.82) is 0 Å². The van der Waals surface area contributed by atoms with Crippen molar-refractivity contribution >= 4 is 15.9 Å². The summed E-state index contributed by atoms with van der Waals surface area (Å²) in [6, 6.07) is 4.99. The Hall–Kier alpha value is -1.40. The predicted molar refractivity (Wildman–Crippen MR) is 100 cm³/mol. The highest BCUT2D eigenvalue weighted by molar-refractivity contribution is 7.89. The molecule has 1 saturated heterocycles. The Bertz CT molecular complexity index is 712. The lowest BCUT2D eigenvalue weighted by molar-refractivity contribution is 0.0910. The number of rotatable bonds is 6. The van der Waals surface area contributed by atoms with Gasteiger partial charge in [-0.05, 0) is 49.3 Å². The summed E-state index contributed by atoms with van der Waals surface area (Å²) in [7, 11) is -3.53. The zero-order valence-electron chi connectivity index (χ0n) is 15.9. The van der Waals surface area contributed by atoms with E-state index in [1.807, 2.05) is 0 Å². The first kappa shape index (κ1) is 19.9. The number of aryl methyl sites for hydroxylation is 1. The van der Waals surface area contributed by atoms with E-state index in [1.165, 1.54) is 10.4 Å². The van der Waals surface area contributed by atoms with Crippen LogP contribution < -0.4 is 5.32 Å². The van der Waals surface area contributed by atoms with Crippen LogP contribution in [0.25, 0.3) is 0 Å². The number of carbonyl (C=O) groups excluding carboxylic acids is 1. The molecule has 0 spiro atoms. The van der Waals surface area contributed by atoms with Crippen LogP contribution in [0.5, 0.6) is 0 Å². The zero-order chi connectivity index (χ0) is 18.8. The van der Waals surface area contributed by atoms with Gasteiger partial charge in [-0.25, -0.2) is 8.42 Å². The van der Waals surface area contributed by atoms with Crippen molar-refractivity contribution in [1.82, 2.24) is 9.62 Å². The van der Waals surface area contributed by atoms with Gasteiger partial charge in [0.15, 0.2) is 0 Å². The molecule has 1 heterocycles. The number of sulfonamides is 1. The Kier molecular flexibility index (Phi) is 6.27. The molecule has 1 amide bonds. The predicted octanol–water partition coefficient (Wildman–Crippen LogP) is 3.19. The first-order valence-electron chi connectivity index (χ1n) is 9.06. The smallest absolute Gasteiger partial charge is 0.251 e. The SMILES string of the molecule is Cc1ccc(C(=O)NC(C(C)C)C(C)C)cc1S(=O)(=O)N1CCCC1. The third-order valence-corrected chi connectivity index (χ3v) is 6.91. The molecule has 140 valence electrons. The van der Waals surface area contributed by atoms with Gasteiger partial charge in [0.2, 0.25) is 10.0 Å². The third kappa shape index (κ3) is 4.42. The van der Waals surface area contributed by atoms with Crippen LogP contribution in [-0.4, -0.2) is 37.8 Å². The van der Waals surface area contributed by atoms with Crippen molar-refractivity contribution in [3.63, 3.8) is 0 Å². The van der Waals surface area contributed by atoms with Crippen LogP contribution >= 0.6 is 0 Å². The Balaban J connectivity index is 2.30. The molecule has 1 N–H and O–H groups in total. The summed E-state index contributed by atoms with van der Waals surface area (Å²) < 4.78 is 27.2. The molecular weight excluding hydrogens is 336 g/mol. The van der Waals surface area contributed by atoms with E-state index < -0.39 is 10.0 Å².